The molecule has 1 atom stereocenters. The topological polar surface area (TPSA) is 55.1 Å². The van der Waals surface area contributed by atoms with Crippen LogP contribution in [0.3, 0.4) is 0 Å². The van der Waals surface area contributed by atoms with Crippen LogP contribution in [0.1, 0.15) is 46.5 Å². The Labute approximate surface area is 105 Å². The molecule has 1 rings (SSSR count). The second kappa shape index (κ2) is 6.45. The van der Waals surface area contributed by atoms with Crippen LogP contribution in [0.5, 0.6) is 0 Å². The number of carbonyl (C=O) groups is 1. The van der Waals surface area contributed by atoms with Crippen molar-refractivity contribution < 1.29 is 4.79 Å². The van der Waals surface area contributed by atoms with Gasteiger partial charge in [0, 0.05) is 18.5 Å². The van der Waals surface area contributed by atoms with E-state index in [9.17, 15) is 4.79 Å². The standard InChI is InChI=1S/C12H24N2O.ClH/c1-9(2)7-12(3,8-13)14-11(15)6-10-4-5-10;/h9-10H,4-8,13H2,1-3H3,(H,14,15);1H. The van der Waals surface area contributed by atoms with E-state index in [1.165, 1.54) is 12.8 Å². The van der Waals surface area contributed by atoms with Gasteiger partial charge in [0.2, 0.25) is 5.91 Å². The van der Waals surface area contributed by atoms with Gasteiger partial charge in [-0.25, -0.2) is 0 Å². The van der Waals surface area contributed by atoms with Crippen LogP contribution in [0.25, 0.3) is 0 Å². The molecule has 0 aromatic carbocycles. The molecule has 96 valence electrons. The SMILES string of the molecule is CC(C)CC(C)(CN)NC(=O)CC1CC1.Cl. The van der Waals surface area contributed by atoms with Gasteiger partial charge in [0.1, 0.15) is 0 Å². The molecule has 0 saturated heterocycles. The van der Waals surface area contributed by atoms with Crippen molar-refractivity contribution in [2.75, 3.05) is 6.54 Å². The van der Waals surface area contributed by atoms with Crippen molar-refractivity contribution in [2.24, 2.45) is 17.6 Å². The van der Waals surface area contributed by atoms with Gasteiger partial charge in [-0.2, -0.15) is 0 Å². The van der Waals surface area contributed by atoms with E-state index in [2.05, 4.69) is 19.2 Å². The highest BCUT2D eigenvalue weighted by Crippen LogP contribution is 2.32. The zero-order valence-electron chi connectivity index (χ0n) is 10.6. The molecule has 1 saturated carbocycles. The first-order valence-electron chi connectivity index (χ1n) is 5.96. The van der Waals surface area contributed by atoms with E-state index in [1.54, 1.807) is 0 Å². The minimum Gasteiger partial charge on any atom is -0.350 e. The zero-order valence-corrected chi connectivity index (χ0v) is 11.4. The van der Waals surface area contributed by atoms with E-state index in [0.29, 0.717) is 24.8 Å². The van der Waals surface area contributed by atoms with Gasteiger partial charge in [0.05, 0.1) is 0 Å². The second-order valence-corrected chi connectivity index (χ2v) is 5.56. The number of rotatable bonds is 6. The van der Waals surface area contributed by atoms with Crippen molar-refractivity contribution in [3.63, 3.8) is 0 Å². The van der Waals surface area contributed by atoms with Crippen LogP contribution in [0.15, 0.2) is 0 Å². The maximum absolute atomic E-state index is 11.7. The number of hydrogen-bond donors (Lipinski definition) is 2. The van der Waals surface area contributed by atoms with Crippen LogP contribution >= 0.6 is 12.4 Å². The van der Waals surface area contributed by atoms with Crippen molar-refractivity contribution in [3.05, 3.63) is 0 Å². The molecule has 1 unspecified atom stereocenters. The summed E-state index contributed by atoms with van der Waals surface area (Å²) in [5.74, 6) is 1.37. The quantitative estimate of drug-likeness (QED) is 0.756. The van der Waals surface area contributed by atoms with Crippen LogP contribution < -0.4 is 11.1 Å². The Balaban J connectivity index is 0.00000225. The average Bonchev–Trinajstić information content (AvgIpc) is 2.86. The van der Waals surface area contributed by atoms with Gasteiger partial charge in [-0.05, 0) is 38.0 Å². The van der Waals surface area contributed by atoms with Gasteiger partial charge in [0.25, 0.3) is 0 Å². The van der Waals surface area contributed by atoms with E-state index in [1.807, 2.05) is 6.92 Å². The predicted molar refractivity (Wildman–Crippen MR) is 69.6 cm³/mol. The molecular formula is C12H25ClN2O. The highest BCUT2D eigenvalue weighted by atomic mass is 35.5. The number of amides is 1. The maximum atomic E-state index is 11.7. The summed E-state index contributed by atoms with van der Waals surface area (Å²) in [7, 11) is 0. The average molecular weight is 249 g/mol. The fourth-order valence-corrected chi connectivity index (χ4v) is 2.06. The van der Waals surface area contributed by atoms with Crippen LogP contribution in [0.2, 0.25) is 0 Å². The Hall–Kier alpha value is -0.280. The summed E-state index contributed by atoms with van der Waals surface area (Å²) in [6.45, 7) is 6.86. The Bertz CT molecular complexity index is 229. The molecule has 3 N–H and O–H groups in total. The van der Waals surface area contributed by atoms with Gasteiger partial charge < -0.3 is 11.1 Å². The number of hydrogen-bond acceptors (Lipinski definition) is 2. The fourth-order valence-electron chi connectivity index (χ4n) is 2.06. The first kappa shape index (κ1) is 15.7. The smallest absolute Gasteiger partial charge is 0.220 e. The summed E-state index contributed by atoms with van der Waals surface area (Å²) in [6, 6.07) is 0. The van der Waals surface area contributed by atoms with Crippen LogP contribution in [0.4, 0.5) is 0 Å². The van der Waals surface area contributed by atoms with Crippen molar-refractivity contribution in [1.82, 2.24) is 5.32 Å². The summed E-state index contributed by atoms with van der Waals surface area (Å²) in [5.41, 5.74) is 5.51. The predicted octanol–water partition coefficient (Wildman–Crippen LogP) is 2.09. The fraction of sp³-hybridized carbons (Fsp3) is 0.917. The third-order valence-corrected chi connectivity index (χ3v) is 2.92. The second-order valence-electron chi connectivity index (χ2n) is 5.56. The van der Waals surface area contributed by atoms with Gasteiger partial charge in [-0.3, -0.25) is 4.79 Å². The number of carbonyl (C=O) groups excluding carboxylic acids is 1. The van der Waals surface area contributed by atoms with Crippen molar-refractivity contribution >= 4 is 18.3 Å². The van der Waals surface area contributed by atoms with Crippen molar-refractivity contribution in [2.45, 2.75) is 52.0 Å². The molecule has 1 fully saturated rings. The lowest BCUT2D eigenvalue weighted by atomic mass is 9.90. The van der Waals surface area contributed by atoms with E-state index in [-0.39, 0.29) is 23.9 Å². The molecule has 0 spiro atoms. The minimum atomic E-state index is -0.222. The lowest BCUT2D eigenvalue weighted by Gasteiger charge is -2.31. The lowest BCUT2D eigenvalue weighted by Crippen LogP contribution is -2.52. The summed E-state index contributed by atoms with van der Waals surface area (Å²) in [6.07, 6.45) is 4.07. The van der Waals surface area contributed by atoms with Crippen molar-refractivity contribution in [1.29, 1.82) is 0 Å². The van der Waals surface area contributed by atoms with Gasteiger partial charge >= 0.3 is 0 Å². The Morgan fingerprint density at radius 3 is 2.44 bits per heavy atom. The largest absolute Gasteiger partial charge is 0.350 e. The van der Waals surface area contributed by atoms with E-state index >= 15 is 0 Å². The number of nitrogens with one attached hydrogen (secondary N) is 1. The Morgan fingerprint density at radius 2 is 2.06 bits per heavy atom. The molecule has 1 amide bonds. The molecule has 3 nitrogen and oxygen atoms in total. The molecule has 16 heavy (non-hydrogen) atoms. The normalized spacial score (nSPS) is 18.8. The minimum absolute atomic E-state index is 0. The molecular weight excluding hydrogens is 224 g/mol. The molecule has 1 aliphatic carbocycles. The summed E-state index contributed by atoms with van der Waals surface area (Å²) in [5, 5.41) is 3.08. The monoisotopic (exact) mass is 248 g/mol. The Kier molecular flexibility index (Phi) is 6.34. The molecule has 1 aliphatic rings. The molecule has 0 bridgehead atoms. The molecule has 0 aromatic heterocycles. The van der Waals surface area contributed by atoms with Gasteiger partial charge in [-0.1, -0.05) is 13.8 Å². The first-order chi connectivity index (χ1) is 6.95. The molecule has 4 heteroatoms. The third-order valence-electron chi connectivity index (χ3n) is 2.92. The Morgan fingerprint density at radius 1 is 1.50 bits per heavy atom. The van der Waals surface area contributed by atoms with E-state index in [4.69, 9.17) is 5.73 Å². The van der Waals surface area contributed by atoms with Gasteiger partial charge in [-0.15, -0.1) is 12.4 Å². The van der Waals surface area contributed by atoms with Crippen LogP contribution in [-0.4, -0.2) is 18.0 Å². The first-order valence-corrected chi connectivity index (χ1v) is 5.96. The highest BCUT2D eigenvalue weighted by molar-refractivity contribution is 5.85. The lowest BCUT2D eigenvalue weighted by molar-refractivity contribution is -0.123. The summed E-state index contributed by atoms with van der Waals surface area (Å²) in [4.78, 5) is 11.7. The van der Waals surface area contributed by atoms with Gasteiger partial charge in [0.15, 0.2) is 0 Å². The molecule has 0 aliphatic heterocycles. The zero-order chi connectivity index (χ0) is 11.5. The van der Waals surface area contributed by atoms with E-state index < -0.39 is 0 Å². The molecule has 0 radical (unpaired) electrons. The summed E-state index contributed by atoms with van der Waals surface area (Å²) >= 11 is 0. The van der Waals surface area contributed by atoms with Crippen LogP contribution in [0, 0.1) is 11.8 Å². The molecule has 0 heterocycles. The summed E-state index contributed by atoms with van der Waals surface area (Å²) < 4.78 is 0. The van der Waals surface area contributed by atoms with Crippen molar-refractivity contribution in [3.8, 4) is 0 Å². The highest BCUT2D eigenvalue weighted by Gasteiger charge is 2.29. The van der Waals surface area contributed by atoms with E-state index in [0.717, 1.165) is 6.42 Å². The maximum Gasteiger partial charge on any atom is 0.220 e. The third kappa shape index (κ3) is 5.71. The number of halogens is 1. The number of nitrogens with two attached hydrogens (primary N) is 1. The van der Waals surface area contributed by atoms with Crippen LogP contribution in [-0.2, 0) is 4.79 Å². The molecule has 0 aromatic rings.